The maximum Gasteiger partial charge on any atom is 0.340 e. The second kappa shape index (κ2) is 6.43. The van der Waals surface area contributed by atoms with Crippen LogP contribution in [0.15, 0.2) is 0 Å². The second-order valence-corrected chi connectivity index (χ2v) is 8.97. The molecule has 0 aromatic carbocycles. The number of H-pyrrole nitrogens is 1. The number of fused-ring (bicyclic) bond motifs is 1. The molecule has 2 saturated heterocycles. The molecule has 5 heteroatoms. The first-order chi connectivity index (χ1) is 12.3. The first-order valence-corrected chi connectivity index (χ1v) is 10.0. The van der Waals surface area contributed by atoms with E-state index in [1.54, 1.807) is 0 Å². The lowest BCUT2D eigenvalue weighted by atomic mass is 9.68. The summed E-state index contributed by atoms with van der Waals surface area (Å²) in [4.78, 5) is 31.1. The van der Waals surface area contributed by atoms with Gasteiger partial charge in [0, 0.05) is 18.3 Å². The molecule has 4 fully saturated rings. The Balaban J connectivity index is 1.62. The van der Waals surface area contributed by atoms with Crippen LogP contribution in [0, 0.1) is 31.6 Å². The summed E-state index contributed by atoms with van der Waals surface area (Å²) in [5, 5.41) is 0. The first-order valence-electron chi connectivity index (χ1n) is 10.0. The van der Waals surface area contributed by atoms with E-state index in [9.17, 15) is 9.59 Å². The van der Waals surface area contributed by atoms with Crippen molar-refractivity contribution in [1.82, 2.24) is 9.88 Å². The Morgan fingerprint density at radius 3 is 2.27 bits per heavy atom. The Kier molecular flexibility index (Phi) is 4.36. The summed E-state index contributed by atoms with van der Waals surface area (Å²) in [7, 11) is 0. The van der Waals surface area contributed by atoms with Crippen LogP contribution in [-0.2, 0) is 4.74 Å². The molecule has 2 aliphatic carbocycles. The van der Waals surface area contributed by atoms with Crippen molar-refractivity contribution >= 4 is 11.9 Å². The third-order valence-electron chi connectivity index (χ3n) is 6.57. The van der Waals surface area contributed by atoms with Crippen LogP contribution in [0.4, 0.5) is 0 Å². The van der Waals surface area contributed by atoms with Gasteiger partial charge in [0.2, 0.25) is 0 Å². The van der Waals surface area contributed by atoms with Crippen LogP contribution in [0.3, 0.4) is 0 Å². The number of nitrogens with zero attached hydrogens (tertiary/aromatic N) is 1. The summed E-state index contributed by atoms with van der Waals surface area (Å²) in [6.07, 6.45) is 6.06. The Morgan fingerprint density at radius 1 is 1.04 bits per heavy atom. The zero-order chi connectivity index (χ0) is 18.6. The van der Waals surface area contributed by atoms with Crippen LogP contribution >= 0.6 is 0 Å². The number of aromatic nitrogens is 1. The van der Waals surface area contributed by atoms with Gasteiger partial charge >= 0.3 is 5.97 Å². The largest absolute Gasteiger partial charge is 0.459 e. The van der Waals surface area contributed by atoms with Crippen molar-refractivity contribution in [2.45, 2.75) is 71.9 Å². The molecule has 142 valence electrons. The number of nitrogens with one attached hydrogen (secondary N) is 1. The molecule has 0 spiro atoms. The monoisotopic (exact) mass is 358 g/mol. The predicted octanol–water partition coefficient (Wildman–Crippen LogP) is 3.85. The summed E-state index contributed by atoms with van der Waals surface area (Å²) in [6.45, 7) is 8.25. The molecule has 1 aromatic rings. The molecule has 2 unspecified atom stereocenters. The summed E-state index contributed by atoms with van der Waals surface area (Å²) in [5.41, 5.74) is 2.53. The van der Waals surface area contributed by atoms with Crippen LogP contribution in [-0.4, -0.2) is 40.5 Å². The van der Waals surface area contributed by atoms with Crippen LogP contribution in [0.2, 0.25) is 0 Å². The zero-order valence-corrected chi connectivity index (χ0v) is 16.3. The predicted molar refractivity (Wildman–Crippen MR) is 99.2 cm³/mol. The van der Waals surface area contributed by atoms with Gasteiger partial charge in [0.15, 0.2) is 0 Å². The highest BCUT2D eigenvalue weighted by atomic mass is 16.5. The highest BCUT2D eigenvalue weighted by Gasteiger charge is 2.44. The number of amides is 1. The topological polar surface area (TPSA) is 62.4 Å². The summed E-state index contributed by atoms with van der Waals surface area (Å²) in [5.74, 6) is 1.97. The molecular weight excluding hydrogens is 328 g/mol. The third kappa shape index (κ3) is 2.95. The van der Waals surface area contributed by atoms with Crippen molar-refractivity contribution in [3.8, 4) is 0 Å². The highest BCUT2D eigenvalue weighted by Crippen LogP contribution is 2.47. The molecule has 2 aliphatic heterocycles. The Hall–Kier alpha value is -1.78. The number of aromatic amines is 1. The fourth-order valence-electron chi connectivity index (χ4n) is 5.72. The first kappa shape index (κ1) is 17.6. The van der Waals surface area contributed by atoms with Gasteiger partial charge in [0.25, 0.3) is 5.91 Å². The third-order valence-corrected chi connectivity index (χ3v) is 6.57. The van der Waals surface area contributed by atoms with Crippen LogP contribution in [0.25, 0.3) is 0 Å². The van der Waals surface area contributed by atoms with Crippen LogP contribution in [0.5, 0.6) is 0 Å². The van der Waals surface area contributed by atoms with Crippen molar-refractivity contribution in [1.29, 1.82) is 0 Å². The van der Waals surface area contributed by atoms with Crippen molar-refractivity contribution in [3.63, 3.8) is 0 Å². The van der Waals surface area contributed by atoms with E-state index < -0.39 is 0 Å². The minimum absolute atomic E-state index is 0.0624. The average Bonchev–Trinajstić information content (AvgIpc) is 2.70. The lowest BCUT2D eigenvalue weighted by molar-refractivity contribution is 0.0376. The molecule has 0 radical (unpaired) electrons. The van der Waals surface area contributed by atoms with Crippen molar-refractivity contribution in [3.05, 3.63) is 22.5 Å². The van der Waals surface area contributed by atoms with Gasteiger partial charge in [-0.25, -0.2) is 4.79 Å². The smallest absolute Gasteiger partial charge is 0.340 e. The van der Waals surface area contributed by atoms with Gasteiger partial charge in [-0.2, -0.15) is 0 Å². The number of hydrogen-bond donors (Lipinski definition) is 1. The summed E-state index contributed by atoms with van der Waals surface area (Å²) >= 11 is 0. The summed E-state index contributed by atoms with van der Waals surface area (Å²) < 4.78 is 5.36. The highest BCUT2D eigenvalue weighted by molar-refractivity contribution is 6.00. The average molecular weight is 358 g/mol. The van der Waals surface area contributed by atoms with E-state index in [1.165, 1.54) is 19.3 Å². The molecule has 2 saturated carbocycles. The standard InChI is InChI=1S/C21H30N2O3/c1-11(2)26-21(25)18-12(3)19(22-13(18)4)20(24)23-10-16-6-14-5-15(7-16)9-17(23)8-14/h11,14-17,22H,5-10H2,1-4H3/t14-,15+,16?,17?. The van der Waals surface area contributed by atoms with Gasteiger partial charge in [0.05, 0.1) is 11.7 Å². The molecule has 5 rings (SSSR count). The molecule has 5 nitrogen and oxygen atoms in total. The molecule has 1 N–H and O–H groups in total. The van der Waals surface area contributed by atoms with Crippen LogP contribution in [0.1, 0.15) is 78.1 Å². The van der Waals surface area contributed by atoms with Crippen molar-refractivity contribution < 1.29 is 14.3 Å². The molecule has 1 amide bonds. The maximum atomic E-state index is 13.4. The van der Waals surface area contributed by atoms with E-state index in [4.69, 9.17) is 4.74 Å². The Labute approximate surface area is 155 Å². The minimum atomic E-state index is -0.346. The zero-order valence-electron chi connectivity index (χ0n) is 16.3. The van der Waals surface area contributed by atoms with Crippen LogP contribution < -0.4 is 0 Å². The number of rotatable bonds is 3. The van der Waals surface area contributed by atoms with E-state index in [0.29, 0.717) is 23.2 Å². The Morgan fingerprint density at radius 2 is 1.65 bits per heavy atom. The van der Waals surface area contributed by atoms with Gasteiger partial charge in [-0.05, 0) is 83.1 Å². The SMILES string of the molecule is Cc1[nH]c(C(=O)N2CC3C[C@@H]4CC2C[C@H](C3)C4)c(C)c1C(=O)OC(C)C. The van der Waals surface area contributed by atoms with Gasteiger partial charge in [-0.15, -0.1) is 0 Å². The fourth-order valence-corrected chi connectivity index (χ4v) is 5.72. The van der Waals surface area contributed by atoms with E-state index in [-0.39, 0.29) is 18.0 Å². The Bertz CT molecular complexity index is 722. The van der Waals surface area contributed by atoms with Gasteiger partial charge in [0.1, 0.15) is 5.69 Å². The maximum absolute atomic E-state index is 13.4. The second-order valence-electron chi connectivity index (χ2n) is 8.97. The molecule has 4 bridgehead atoms. The van der Waals surface area contributed by atoms with Gasteiger partial charge < -0.3 is 14.6 Å². The van der Waals surface area contributed by atoms with Gasteiger partial charge in [-0.1, -0.05) is 0 Å². The van der Waals surface area contributed by atoms with E-state index in [1.807, 2.05) is 27.7 Å². The summed E-state index contributed by atoms with van der Waals surface area (Å²) in [6, 6.07) is 0.368. The van der Waals surface area contributed by atoms with E-state index in [2.05, 4.69) is 9.88 Å². The van der Waals surface area contributed by atoms with E-state index >= 15 is 0 Å². The molecule has 26 heavy (non-hydrogen) atoms. The molecule has 4 atom stereocenters. The minimum Gasteiger partial charge on any atom is -0.459 e. The molecule has 4 aliphatic rings. The number of aryl methyl sites for hydroxylation is 1. The number of ether oxygens (including phenoxy) is 1. The lowest BCUT2D eigenvalue weighted by Gasteiger charge is -2.38. The van der Waals surface area contributed by atoms with E-state index in [0.717, 1.165) is 42.5 Å². The number of carbonyl (C=O) groups excluding carboxylic acids is 2. The number of hydrogen-bond acceptors (Lipinski definition) is 3. The molecular formula is C21H30N2O3. The molecule has 3 heterocycles. The van der Waals surface area contributed by atoms with Crippen molar-refractivity contribution in [2.75, 3.05) is 6.54 Å². The van der Waals surface area contributed by atoms with Gasteiger partial charge in [-0.3, -0.25) is 4.79 Å². The quantitative estimate of drug-likeness (QED) is 0.835. The molecule has 1 aromatic heterocycles. The lowest BCUT2D eigenvalue weighted by Crippen LogP contribution is -2.42. The normalized spacial score (nSPS) is 30.0. The van der Waals surface area contributed by atoms with Crippen molar-refractivity contribution in [2.24, 2.45) is 17.8 Å². The number of carbonyl (C=O) groups is 2. The number of esters is 1. The fraction of sp³-hybridized carbons (Fsp3) is 0.714.